The van der Waals surface area contributed by atoms with E-state index in [1.165, 1.54) is 10.9 Å². The zero-order valence-corrected chi connectivity index (χ0v) is 11.3. The first-order chi connectivity index (χ1) is 10.5. The number of nitriles is 1. The first-order valence-corrected chi connectivity index (χ1v) is 6.48. The van der Waals surface area contributed by atoms with Gasteiger partial charge in [-0.2, -0.15) is 5.26 Å². The summed E-state index contributed by atoms with van der Waals surface area (Å²) < 4.78 is 2.36. The van der Waals surface area contributed by atoms with Crippen molar-refractivity contribution < 1.29 is 4.79 Å². The lowest BCUT2D eigenvalue weighted by Crippen LogP contribution is -2.36. The zero-order valence-electron chi connectivity index (χ0n) is 11.3. The summed E-state index contributed by atoms with van der Waals surface area (Å²) in [5.41, 5.74) is 4.11. The number of nitrogens with two attached hydrogens (primary N) is 1. The van der Waals surface area contributed by atoms with Gasteiger partial charge in [0.2, 0.25) is 0 Å². The molecule has 2 aromatic rings. The molecule has 0 aromatic carbocycles. The number of aromatic amines is 1. The van der Waals surface area contributed by atoms with E-state index in [-0.39, 0.29) is 29.8 Å². The number of anilines is 1. The summed E-state index contributed by atoms with van der Waals surface area (Å²) in [7, 11) is 0. The first kappa shape index (κ1) is 13.7. The Morgan fingerprint density at radius 1 is 1.50 bits per heavy atom. The molecule has 112 valence electrons. The third-order valence-electron chi connectivity index (χ3n) is 3.31. The van der Waals surface area contributed by atoms with Gasteiger partial charge in [0.25, 0.3) is 11.4 Å². The number of nitrogens with zero attached hydrogens (tertiary/aromatic N) is 5. The van der Waals surface area contributed by atoms with E-state index in [0.29, 0.717) is 0 Å². The van der Waals surface area contributed by atoms with E-state index in [2.05, 4.69) is 15.1 Å². The molecule has 3 N–H and O–H groups in total. The summed E-state index contributed by atoms with van der Waals surface area (Å²) in [5.74, 6) is -0.831. The smallest absolute Gasteiger partial charge is 0.330 e. The molecule has 1 fully saturated rings. The van der Waals surface area contributed by atoms with Crippen molar-refractivity contribution >= 4 is 11.6 Å². The minimum atomic E-state index is -0.829. The van der Waals surface area contributed by atoms with Crippen molar-refractivity contribution in [2.24, 2.45) is 0 Å². The number of carbonyl (C=O) groups excluding carboxylic acids is 1. The van der Waals surface area contributed by atoms with Crippen LogP contribution in [0.25, 0.3) is 0 Å². The van der Waals surface area contributed by atoms with Crippen LogP contribution in [0.5, 0.6) is 0 Å². The molecule has 0 unspecified atom stereocenters. The van der Waals surface area contributed by atoms with E-state index >= 15 is 0 Å². The van der Waals surface area contributed by atoms with Crippen LogP contribution >= 0.6 is 0 Å². The zero-order chi connectivity index (χ0) is 15.9. The highest BCUT2D eigenvalue weighted by atomic mass is 16.2. The largest absolute Gasteiger partial charge is 0.384 e. The van der Waals surface area contributed by atoms with Crippen molar-refractivity contribution in [3.05, 3.63) is 38.6 Å². The van der Waals surface area contributed by atoms with Gasteiger partial charge in [-0.15, -0.1) is 5.10 Å². The summed E-state index contributed by atoms with van der Waals surface area (Å²) in [6, 6.07) is 1.65. The third kappa shape index (κ3) is 2.28. The van der Waals surface area contributed by atoms with Gasteiger partial charge in [-0.05, 0) is 12.8 Å². The second kappa shape index (κ2) is 4.96. The van der Waals surface area contributed by atoms with E-state index in [9.17, 15) is 14.4 Å². The number of nitrogens with one attached hydrogen (secondary N) is 1. The quantitative estimate of drug-likeness (QED) is 0.672. The fourth-order valence-electron chi connectivity index (χ4n) is 2.18. The van der Waals surface area contributed by atoms with E-state index in [1.54, 1.807) is 6.07 Å². The molecular formula is C12H11N7O3. The first-order valence-electron chi connectivity index (χ1n) is 6.48. The van der Waals surface area contributed by atoms with Crippen LogP contribution in [-0.4, -0.2) is 30.1 Å². The summed E-state index contributed by atoms with van der Waals surface area (Å²) >= 11 is 0. The van der Waals surface area contributed by atoms with Gasteiger partial charge in [-0.3, -0.25) is 19.1 Å². The molecule has 1 saturated carbocycles. The molecular weight excluding hydrogens is 290 g/mol. The number of rotatable bonds is 4. The van der Waals surface area contributed by atoms with E-state index in [4.69, 9.17) is 11.0 Å². The summed E-state index contributed by atoms with van der Waals surface area (Å²) in [6.45, 7) is -0.301. The maximum atomic E-state index is 12.3. The number of H-pyrrole nitrogens is 1. The van der Waals surface area contributed by atoms with Gasteiger partial charge >= 0.3 is 5.69 Å². The van der Waals surface area contributed by atoms with Crippen LogP contribution in [0, 0.1) is 11.3 Å². The predicted octanol–water partition coefficient (Wildman–Crippen LogP) is -1.20. The third-order valence-corrected chi connectivity index (χ3v) is 3.31. The minimum absolute atomic E-state index is 0.0764. The number of nitrogen functional groups attached to an aromatic ring is 1. The topological polar surface area (TPSA) is 152 Å². The Hall–Kier alpha value is -3.22. The molecule has 0 spiro atoms. The lowest BCUT2D eigenvalue weighted by Gasteiger charge is -2.10. The van der Waals surface area contributed by atoms with Crippen molar-refractivity contribution in [3.8, 4) is 6.07 Å². The molecule has 3 rings (SSSR count). The van der Waals surface area contributed by atoms with Crippen LogP contribution in [0.15, 0.2) is 15.9 Å². The van der Waals surface area contributed by atoms with Crippen LogP contribution in [0.2, 0.25) is 0 Å². The number of Topliss-reactive ketones (excluding diaryl/α,β-unsaturated/α-hetero) is 1. The lowest BCUT2D eigenvalue weighted by atomic mass is 10.2. The van der Waals surface area contributed by atoms with E-state index in [1.807, 2.05) is 0 Å². The molecule has 0 atom stereocenters. The molecule has 0 amide bonds. The summed E-state index contributed by atoms with van der Waals surface area (Å²) in [5, 5.41) is 12.4. The summed E-state index contributed by atoms with van der Waals surface area (Å²) in [6.07, 6.45) is 2.76. The maximum absolute atomic E-state index is 12.3. The molecule has 0 bridgehead atoms. The number of hydrogen-bond acceptors (Lipinski definition) is 7. The van der Waals surface area contributed by atoms with Crippen LogP contribution in [0.3, 0.4) is 0 Å². The number of aromatic nitrogens is 5. The molecule has 0 aliphatic heterocycles. The summed E-state index contributed by atoms with van der Waals surface area (Å²) in [4.78, 5) is 41.7. The Morgan fingerprint density at radius 3 is 2.82 bits per heavy atom. The van der Waals surface area contributed by atoms with E-state index in [0.717, 1.165) is 17.5 Å². The molecule has 0 saturated heterocycles. The number of carbonyl (C=O) groups is 1. The van der Waals surface area contributed by atoms with Gasteiger partial charge in [0.05, 0.1) is 0 Å². The molecule has 22 heavy (non-hydrogen) atoms. The van der Waals surface area contributed by atoms with Crippen molar-refractivity contribution in [1.82, 2.24) is 24.3 Å². The van der Waals surface area contributed by atoms with Crippen molar-refractivity contribution in [1.29, 1.82) is 5.26 Å². The predicted molar refractivity (Wildman–Crippen MR) is 73.1 cm³/mol. The lowest BCUT2D eigenvalue weighted by molar-refractivity contribution is 0.0966. The molecule has 2 aromatic heterocycles. The van der Waals surface area contributed by atoms with Gasteiger partial charge < -0.3 is 5.73 Å². The second-order valence-electron chi connectivity index (χ2n) is 4.92. The highest BCUT2D eigenvalue weighted by Crippen LogP contribution is 2.35. The Kier molecular flexibility index (Phi) is 3.10. The SMILES string of the molecule is N#Cc1ncn(CC(=O)c2c(N)n(C3CC3)c(=O)[nH]c2=O)n1. The van der Waals surface area contributed by atoms with Crippen LogP contribution in [0.1, 0.15) is 35.1 Å². The normalized spacial score (nSPS) is 13.8. The fraction of sp³-hybridized carbons (Fsp3) is 0.333. The Labute approximate surface area is 122 Å². The second-order valence-corrected chi connectivity index (χ2v) is 4.92. The molecule has 2 heterocycles. The fourth-order valence-corrected chi connectivity index (χ4v) is 2.18. The van der Waals surface area contributed by atoms with E-state index < -0.39 is 17.0 Å². The maximum Gasteiger partial charge on any atom is 0.330 e. The monoisotopic (exact) mass is 301 g/mol. The van der Waals surface area contributed by atoms with Crippen molar-refractivity contribution in [2.45, 2.75) is 25.4 Å². The highest BCUT2D eigenvalue weighted by molar-refractivity contribution is 5.99. The minimum Gasteiger partial charge on any atom is -0.384 e. The number of ketones is 1. The molecule has 1 aliphatic rings. The molecule has 10 heteroatoms. The Morgan fingerprint density at radius 2 is 2.23 bits per heavy atom. The van der Waals surface area contributed by atoms with Crippen LogP contribution in [0.4, 0.5) is 5.82 Å². The van der Waals surface area contributed by atoms with Gasteiger partial charge in [0, 0.05) is 6.04 Å². The van der Waals surface area contributed by atoms with Gasteiger partial charge in [0.15, 0.2) is 5.78 Å². The Balaban J connectivity index is 1.99. The molecule has 0 radical (unpaired) electrons. The molecule has 1 aliphatic carbocycles. The van der Waals surface area contributed by atoms with Crippen molar-refractivity contribution in [3.63, 3.8) is 0 Å². The average molecular weight is 301 g/mol. The van der Waals surface area contributed by atoms with Gasteiger partial charge in [-0.1, -0.05) is 0 Å². The van der Waals surface area contributed by atoms with Crippen molar-refractivity contribution in [2.75, 3.05) is 5.73 Å². The highest BCUT2D eigenvalue weighted by Gasteiger charge is 2.30. The van der Waals surface area contributed by atoms with Crippen LogP contribution < -0.4 is 17.0 Å². The molecule has 10 nitrogen and oxygen atoms in total. The average Bonchev–Trinajstić information content (AvgIpc) is 3.17. The van der Waals surface area contributed by atoms with Crippen LogP contribution in [-0.2, 0) is 6.54 Å². The standard InChI is InChI=1S/C12H11N7O3/c13-3-8-15-5-18(17-8)4-7(20)9-10(14)19(6-1-2-6)12(22)16-11(9)21/h5-6H,1-2,4,14H2,(H,16,21,22). The van der Waals surface area contributed by atoms with Gasteiger partial charge in [-0.25, -0.2) is 14.5 Å². The van der Waals surface area contributed by atoms with Gasteiger partial charge in [0.1, 0.15) is 30.3 Å². The Bertz CT molecular complexity index is 910. The number of hydrogen-bond donors (Lipinski definition) is 2.